The second kappa shape index (κ2) is 28.4. The van der Waals surface area contributed by atoms with E-state index in [-0.39, 0.29) is 77.3 Å². The van der Waals surface area contributed by atoms with Crippen LogP contribution in [-0.4, -0.2) is 99.1 Å². The molecule has 1 saturated heterocycles. The van der Waals surface area contributed by atoms with Gasteiger partial charge in [0.2, 0.25) is 6.29 Å². The molecule has 1 aliphatic heterocycles. The van der Waals surface area contributed by atoms with Crippen LogP contribution in [-0.2, 0) is 76.3 Å². The zero-order valence-corrected chi connectivity index (χ0v) is 30.7. The van der Waals surface area contributed by atoms with Crippen molar-refractivity contribution in [2.75, 3.05) is 33.0 Å². The van der Waals surface area contributed by atoms with Crippen LogP contribution in [0.5, 0.6) is 0 Å². The molecule has 0 radical (unpaired) electrons. The van der Waals surface area contributed by atoms with Crippen LogP contribution >= 0.6 is 0 Å². The number of rotatable bonds is 29. The van der Waals surface area contributed by atoms with Crippen molar-refractivity contribution in [1.82, 2.24) is 0 Å². The fraction of sp³-hybridized carbons (Fsp3) is 0.579. The largest absolute Gasteiger partial charge is 0.463 e. The van der Waals surface area contributed by atoms with E-state index >= 15 is 0 Å². The van der Waals surface area contributed by atoms with Gasteiger partial charge in [0.25, 0.3) is 0 Å². The van der Waals surface area contributed by atoms with Gasteiger partial charge in [-0.25, -0.2) is 19.2 Å². The minimum Gasteiger partial charge on any atom is -0.463 e. The van der Waals surface area contributed by atoms with Crippen LogP contribution in [0.3, 0.4) is 0 Å². The van der Waals surface area contributed by atoms with Gasteiger partial charge in [-0.2, -0.15) is 0 Å². The molecule has 1 aliphatic rings. The predicted octanol–water partition coefficient (Wildman–Crippen LogP) is 3.88. The molecular formula is C38H52O16. The number of ether oxygens (including phenoxy) is 8. The van der Waals surface area contributed by atoms with Gasteiger partial charge in [0, 0.05) is 56.4 Å². The molecule has 0 aliphatic carbocycles. The number of Topliss-reactive ketones (excluding diaryl/α,β-unsaturated/α-hetero) is 1. The number of carbonyl (C=O) groups is 8. The maximum atomic E-state index is 13.3. The molecule has 0 aromatic carbocycles. The minimum atomic E-state index is -1.36. The average Bonchev–Trinajstić information content (AvgIpc) is 3.15. The van der Waals surface area contributed by atoms with Crippen molar-refractivity contribution in [1.29, 1.82) is 0 Å². The Morgan fingerprint density at radius 2 is 0.870 bits per heavy atom. The Bertz CT molecular complexity index is 1210. The first-order chi connectivity index (χ1) is 25.9. The predicted molar refractivity (Wildman–Crippen MR) is 189 cm³/mol. The Morgan fingerprint density at radius 3 is 1.28 bits per heavy atom. The third-order valence-corrected chi connectivity index (χ3v) is 7.64. The molecule has 0 aromatic rings. The van der Waals surface area contributed by atoms with Gasteiger partial charge in [-0.15, -0.1) is 0 Å². The highest BCUT2D eigenvalue weighted by Crippen LogP contribution is 2.32. The fourth-order valence-corrected chi connectivity index (χ4v) is 4.89. The second-order valence-electron chi connectivity index (χ2n) is 11.9. The highest BCUT2D eigenvalue weighted by Gasteiger charge is 2.47. The van der Waals surface area contributed by atoms with Crippen molar-refractivity contribution in [3.8, 4) is 0 Å². The van der Waals surface area contributed by atoms with Gasteiger partial charge in [0.1, 0.15) is 5.78 Å². The smallest absolute Gasteiger partial charge is 0.330 e. The first kappa shape index (κ1) is 46.9. The van der Waals surface area contributed by atoms with Crippen molar-refractivity contribution in [3.05, 3.63) is 50.6 Å². The number of ketones is 1. The summed E-state index contributed by atoms with van der Waals surface area (Å²) in [5.74, 6) is -5.86. The van der Waals surface area contributed by atoms with Crippen molar-refractivity contribution >= 4 is 47.6 Å². The first-order valence-corrected chi connectivity index (χ1v) is 17.8. The van der Waals surface area contributed by atoms with Crippen LogP contribution in [0.25, 0.3) is 0 Å². The number of unbranched alkanes of at least 4 members (excludes halogenated alkanes) is 4. The fourth-order valence-electron chi connectivity index (χ4n) is 4.89. The molecule has 0 N–H and O–H groups in total. The van der Waals surface area contributed by atoms with E-state index < -0.39 is 66.2 Å². The Kier molecular flexibility index (Phi) is 24.7. The summed E-state index contributed by atoms with van der Waals surface area (Å²) in [6, 6.07) is 0. The van der Waals surface area contributed by atoms with Gasteiger partial charge in [-0.3, -0.25) is 19.2 Å². The summed E-state index contributed by atoms with van der Waals surface area (Å²) in [6.07, 6.45) is 2.37. The molecule has 300 valence electrons. The average molecular weight is 765 g/mol. The lowest BCUT2D eigenvalue weighted by molar-refractivity contribution is -0.255. The lowest BCUT2D eigenvalue weighted by Crippen LogP contribution is -2.54. The maximum Gasteiger partial charge on any atom is 0.330 e. The summed E-state index contributed by atoms with van der Waals surface area (Å²) < 4.78 is 42.7. The summed E-state index contributed by atoms with van der Waals surface area (Å²) in [7, 11) is 0. The van der Waals surface area contributed by atoms with Gasteiger partial charge in [-0.1, -0.05) is 26.3 Å². The van der Waals surface area contributed by atoms with E-state index in [1.54, 1.807) is 0 Å². The van der Waals surface area contributed by atoms with Gasteiger partial charge >= 0.3 is 41.8 Å². The van der Waals surface area contributed by atoms with Crippen LogP contribution in [0.1, 0.15) is 83.5 Å². The molecule has 16 nitrogen and oxygen atoms in total. The molecule has 4 atom stereocenters. The number of carbonyl (C=O) groups excluding carboxylic acids is 8. The maximum absolute atomic E-state index is 13.3. The minimum absolute atomic E-state index is 0.0389. The summed E-state index contributed by atoms with van der Waals surface area (Å²) in [6.45, 7) is 13.2. The standard InChI is InChI=1S/C38H52O16/c1-5-30(40)47-21-13-9-17-27(39)25-28-37(53-35(45)19-11-15-23-49-32(42)7-3)29(52-34(44)18-10-14-22-48-31(41)6-2)26-51-38(28)54-36(46)20-12-16-24-50-33(43)8-4/h5-8,28-29,37-38H,1-4,9-26H2/t28-,29-,37?,38?/m1/s1. The van der Waals surface area contributed by atoms with Crippen LogP contribution in [0.4, 0.5) is 0 Å². The summed E-state index contributed by atoms with van der Waals surface area (Å²) in [5.41, 5.74) is 0. The van der Waals surface area contributed by atoms with E-state index in [0.29, 0.717) is 44.9 Å². The Morgan fingerprint density at radius 1 is 0.500 bits per heavy atom. The Labute approximate surface area is 315 Å². The van der Waals surface area contributed by atoms with E-state index in [9.17, 15) is 38.4 Å². The molecular weight excluding hydrogens is 712 g/mol. The molecule has 0 saturated carbocycles. The summed E-state index contributed by atoms with van der Waals surface area (Å²) >= 11 is 0. The molecule has 1 rings (SSSR count). The SMILES string of the molecule is C=CC(=O)OCCCCC(=O)C[C@H]1C(OC(=O)CCCCOC(=O)C=C)OC[C@@H](OC(=O)CCCCOC(=O)C=C)C1OC(=O)CCCCOC(=O)C=C. The van der Waals surface area contributed by atoms with Crippen LogP contribution in [0.15, 0.2) is 50.6 Å². The molecule has 54 heavy (non-hydrogen) atoms. The molecule has 16 heteroatoms. The molecule has 0 amide bonds. The van der Waals surface area contributed by atoms with E-state index in [0.717, 1.165) is 24.3 Å². The highest BCUT2D eigenvalue weighted by molar-refractivity contribution is 5.82. The lowest BCUT2D eigenvalue weighted by Gasteiger charge is -2.40. The summed E-state index contributed by atoms with van der Waals surface area (Å²) in [5, 5.41) is 0. The molecule has 1 heterocycles. The normalized spacial score (nSPS) is 17.4. The topological polar surface area (TPSA) is 210 Å². The number of hydrogen-bond donors (Lipinski definition) is 0. The Hall–Kier alpha value is -5.12. The third kappa shape index (κ3) is 21.4. The van der Waals surface area contributed by atoms with E-state index in [1.165, 1.54) is 0 Å². The lowest BCUT2D eigenvalue weighted by atomic mass is 9.88. The van der Waals surface area contributed by atoms with Crippen molar-refractivity contribution in [3.63, 3.8) is 0 Å². The molecule has 0 spiro atoms. The van der Waals surface area contributed by atoms with Crippen molar-refractivity contribution in [2.45, 2.75) is 102 Å². The van der Waals surface area contributed by atoms with Crippen LogP contribution < -0.4 is 0 Å². The van der Waals surface area contributed by atoms with E-state index in [2.05, 4.69) is 26.3 Å². The van der Waals surface area contributed by atoms with Crippen LogP contribution in [0, 0.1) is 5.92 Å². The quantitative estimate of drug-likeness (QED) is 0.0458. The van der Waals surface area contributed by atoms with E-state index in [1.807, 2.05) is 0 Å². The second-order valence-corrected chi connectivity index (χ2v) is 11.9. The number of hydrogen-bond acceptors (Lipinski definition) is 16. The zero-order valence-electron chi connectivity index (χ0n) is 30.7. The molecule has 2 unspecified atom stereocenters. The monoisotopic (exact) mass is 764 g/mol. The highest BCUT2D eigenvalue weighted by atomic mass is 16.7. The first-order valence-electron chi connectivity index (χ1n) is 17.8. The van der Waals surface area contributed by atoms with Crippen LogP contribution in [0.2, 0.25) is 0 Å². The molecule has 0 bridgehead atoms. The van der Waals surface area contributed by atoms with Gasteiger partial charge in [0.15, 0.2) is 12.2 Å². The summed E-state index contributed by atoms with van der Waals surface area (Å²) in [4.78, 5) is 97.3. The van der Waals surface area contributed by atoms with Crippen molar-refractivity contribution in [2.24, 2.45) is 5.92 Å². The zero-order chi connectivity index (χ0) is 40.1. The van der Waals surface area contributed by atoms with Crippen molar-refractivity contribution < 1.29 is 76.3 Å². The molecule has 0 aromatic heterocycles. The number of esters is 7. The van der Waals surface area contributed by atoms with Gasteiger partial charge in [0.05, 0.1) is 39.0 Å². The van der Waals surface area contributed by atoms with Gasteiger partial charge in [-0.05, 0) is 51.4 Å². The third-order valence-electron chi connectivity index (χ3n) is 7.64. The van der Waals surface area contributed by atoms with E-state index in [4.69, 9.17) is 37.9 Å². The Balaban J connectivity index is 3.12. The van der Waals surface area contributed by atoms with Gasteiger partial charge < -0.3 is 37.9 Å². The molecule has 1 fully saturated rings.